The fourth-order valence-electron chi connectivity index (χ4n) is 3.54. The first-order valence-electron chi connectivity index (χ1n) is 8.72. The third kappa shape index (κ3) is 3.59. The van der Waals surface area contributed by atoms with Gasteiger partial charge in [-0.25, -0.2) is 9.78 Å². The maximum absolute atomic E-state index is 12.4. The van der Waals surface area contributed by atoms with Gasteiger partial charge in [0.25, 0.3) is 5.69 Å². The van der Waals surface area contributed by atoms with E-state index in [4.69, 9.17) is 4.74 Å². The van der Waals surface area contributed by atoms with Crippen LogP contribution in [0.2, 0.25) is 0 Å². The summed E-state index contributed by atoms with van der Waals surface area (Å²) in [4.78, 5) is 30.6. The number of aromatic nitrogens is 1. The third-order valence-electron chi connectivity index (χ3n) is 5.22. The van der Waals surface area contributed by atoms with E-state index >= 15 is 0 Å². The number of halogens is 1. The van der Waals surface area contributed by atoms with E-state index in [0.29, 0.717) is 33.8 Å². The molecule has 1 atom stereocenters. The lowest BCUT2D eigenvalue weighted by atomic mass is 10.0. The summed E-state index contributed by atoms with van der Waals surface area (Å²) in [6.45, 7) is 0.341. The normalized spacial score (nSPS) is 19.9. The average molecular weight is 432 g/mol. The van der Waals surface area contributed by atoms with Crippen LogP contribution in [0.3, 0.4) is 0 Å². The summed E-state index contributed by atoms with van der Waals surface area (Å²) >= 11 is 3.30. The van der Waals surface area contributed by atoms with E-state index in [0.717, 1.165) is 12.8 Å². The lowest BCUT2D eigenvalue weighted by molar-refractivity contribution is -0.639. The fourth-order valence-corrected chi connectivity index (χ4v) is 3.96. The predicted molar refractivity (Wildman–Crippen MR) is 99.6 cm³/mol. The second-order valence-electron chi connectivity index (χ2n) is 7.02. The average Bonchev–Trinajstić information content (AvgIpc) is 3.37. The molecule has 1 saturated heterocycles. The topological polar surface area (TPSA) is 85.6 Å². The quantitative estimate of drug-likeness (QED) is 0.312. The lowest BCUT2D eigenvalue weighted by Crippen LogP contribution is -2.28. The summed E-state index contributed by atoms with van der Waals surface area (Å²) < 4.78 is 6.68. The number of esters is 1. The van der Waals surface area contributed by atoms with E-state index < -0.39 is 6.73 Å². The molecule has 1 spiro atoms. The number of rotatable bonds is 5. The van der Waals surface area contributed by atoms with Gasteiger partial charge in [0.05, 0.1) is 18.2 Å². The molecule has 1 aliphatic heterocycles. The van der Waals surface area contributed by atoms with Gasteiger partial charge in [-0.3, -0.25) is 0 Å². The number of carbonyl (C=O) groups excluding carboxylic acids is 1. The highest BCUT2D eigenvalue weighted by Crippen LogP contribution is 2.54. The summed E-state index contributed by atoms with van der Waals surface area (Å²) in [6, 6.07) is 12.1. The Bertz CT molecular complexity index is 886. The number of nitroso groups, excluding NO2 is 1. The number of ether oxygens (including phenoxy) is 1. The second-order valence-corrected chi connectivity index (χ2v) is 7.83. The summed E-state index contributed by atoms with van der Waals surface area (Å²) in [5.41, 5.74) is 0.744. The van der Waals surface area contributed by atoms with Crippen LogP contribution in [0.4, 0.5) is 11.5 Å². The molecule has 1 aromatic heterocycles. The molecule has 1 unspecified atom stereocenters. The first kappa shape index (κ1) is 18.1. The number of anilines is 1. The van der Waals surface area contributed by atoms with Crippen LogP contribution in [-0.4, -0.2) is 41.6 Å². The Hall–Kier alpha value is -2.32. The molecule has 0 bridgehead atoms. The molecule has 4 rings (SSSR count). The molecule has 2 fully saturated rings. The van der Waals surface area contributed by atoms with Crippen LogP contribution in [0.15, 0.2) is 47.1 Å². The van der Waals surface area contributed by atoms with Gasteiger partial charge in [0.1, 0.15) is 23.3 Å². The van der Waals surface area contributed by atoms with Crippen molar-refractivity contribution < 1.29 is 19.4 Å². The number of pyridine rings is 1. The molecule has 0 amide bonds. The summed E-state index contributed by atoms with van der Waals surface area (Å²) in [5, 5.41) is 10.9. The summed E-state index contributed by atoms with van der Waals surface area (Å²) in [6.07, 6.45) is 1.76. The lowest BCUT2D eigenvalue weighted by Gasteiger charge is -2.18. The molecule has 7 nitrogen and oxygen atoms in total. The van der Waals surface area contributed by atoms with Crippen LogP contribution in [0.5, 0.6) is 0 Å². The maximum atomic E-state index is 12.4. The Labute approximate surface area is 164 Å². The van der Waals surface area contributed by atoms with Crippen molar-refractivity contribution in [3.63, 3.8) is 0 Å². The molecule has 0 radical (unpaired) electrons. The zero-order valence-electron chi connectivity index (χ0n) is 14.5. The van der Waals surface area contributed by atoms with Crippen molar-refractivity contribution in [2.24, 2.45) is 5.41 Å². The van der Waals surface area contributed by atoms with Crippen LogP contribution < -0.4 is 10.0 Å². The first-order valence-corrected chi connectivity index (χ1v) is 9.51. The van der Waals surface area contributed by atoms with Gasteiger partial charge in [0, 0.05) is 27.7 Å². The molecule has 27 heavy (non-hydrogen) atoms. The fraction of sp³-hybridized carbons (Fsp3) is 0.368. The number of carbonyl (C=O) groups is 1. The van der Waals surface area contributed by atoms with Gasteiger partial charge in [0.15, 0.2) is 0 Å². The van der Waals surface area contributed by atoms with Gasteiger partial charge < -0.3 is 14.7 Å². The van der Waals surface area contributed by atoms with Gasteiger partial charge in [-0.15, -0.1) is 0 Å². The minimum atomic E-state index is -0.878. The van der Waals surface area contributed by atoms with Crippen molar-refractivity contribution >= 4 is 33.4 Å². The minimum absolute atomic E-state index is 0.0513. The van der Waals surface area contributed by atoms with Crippen LogP contribution in [0.1, 0.15) is 23.2 Å². The number of benzene rings is 1. The standard InChI is InChI=1S/C19H18BrN3O4/c20-16-8-14(23(26)12-24)9-17(21-16)22-10-15(19(11-22)6-7-19)27-18(25)13-4-2-1-3-5-13/h1-5,8-9,15H,6-7,10-12H2. The molecule has 2 aliphatic rings. The van der Waals surface area contributed by atoms with Crippen molar-refractivity contribution in [1.82, 2.24) is 4.98 Å². The summed E-state index contributed by atoms with van der Waals surface area (Å²) in [5.74, 6) is 0.270. The van der Waals surface area contributed by atoms with Gasteiger partial charge >= 0.3 is 5.97 Å². The van der Waals surface area contributed by atoms with E-state index in [1.165, 1.54) is 6.07 Å². The van der Waals surface area contributed by atoms with Crippen molar-refractivity contribution in [3.05, 3.63) is 57.5 Å². The van der Waals surface area contributed by atoms with Gasteiger partial charge in [0.2, 0.25) is 0 Å². The van der Waals surface area contributed by atoms with Crippen LogP contribution >= 0.6 is 15.9 Å². The van der Waals surface area contributed by atoms with E-state index in [1.54, 1.807) is 18.2 Å². The van der Waals surface area contributed by atoms with E-state index in [1.807, 2.05) is 23.1 Å². The molecule has 0 N–H and O–H groups in total. The second kappa shape index (κ2) is 7.01. The monoisotopic (exact) mass is 431 g/mol. The Morgan fingerprint density at radius 2 is 2.07 bits per heavy atom. The largest absolute Gasteiger partial charge is 0.797 e. The van der Waals surface area contributed by atoms with E-state index in [2.05, 4.69) is 20.9 Å². The Morgan fingerprint density at radius 3 is 2.74 bits per heavy atom. The Balaban J connectivity index is 1.53. The molecule has 1 aliphatic carbocycles. The molecule has 2 heterocycles. The maximum Gasteiger partial charge on any atom is 0.338 e. The van der Waals surface area contributed by atoms with Crippen LogP contribution in [0, 0.1) is 10.3 Å². The van der Waals surface area contributed by atoms with Crippen LogP contribution in [-0.2, 0) is 4.74 Å². The molecule has 2 aromatic rings. The first-order chi connectivity index (χ1) is 13.0. The number of hydrogen-bond acceptors (Lipinski definition) is 6. The smallest absolute Gasteiger partial charge is 0.338 e. The molecular weight excluding hydrogens is 414 g/mol. The van der Waals surface area contributed by atoms with Gasteiger partial charge in [-0.1, -0.05) is 18.2 Å². The molecule has 140 valence electrons. The van der Waals surface area contributed by atoms with Crippen molar-refractivity contribution in [3.8, 4) is 0 Å². The molecular formula is C19H18BrN3O4. The third-order valence-corrected chi connectivity index (χ3v) is 5.63. The van der Waals surface area contributed by atoms with E-state index in [-0.39, 0.29) is 23.2 Å². The highest BCUT2D eigenvalue weighted by Gasteiger charge is 2.57. The zero-order chi connectivity index (χ0) is 19.0. The molecule has 1 aromatic carbocycles. The zero-order valence-corrected chi connectivity index (χ0v) is 16.1. The molecule has 1 saturated carbocycles. The van der Waals surface area contributed by atoms with Gasteiger partial charge in [-0.2, -0.15) is 0 Å². The summed E-state index contributed by atoms with van der Waals surface area (Å²) in [7, 11) is 0. The Kier molecular flexibility index (Phi) is 4.69. The predicted octanol–water partition coefficient (Wildman–Crippen LogP) is 2.40. The van der Waals surface area contributed by atoms with Crippen LogP contribution in [0.25, 0.3) is 0 Å². The SMILES string of the molecule is O=C(OC1CN(c2cc([N+](=O)C[O-])cc(Br)n2)CC12CC2)c1ccccc1. The van der Waals surface area contributed by atoms with Crippen molar-refractivity contribution in [2.45, 2.75) is 18.9 Å². The minimum Gasteiger partial charge on any atom is -0.797 e. The number of nitrogens with zero attached hydrogens (tertiary/aromatic N) is 3. The van der Waals surface area contributed by atoms with Crippen molar-refractivity contribution in [2.75, 3.05) is 24.7 Å². The molecule has 8 heteroatoms. The van der Waals surface area contributed by atoms with Crippen molar-refractivity contribution in [1.29, 1.82) is 0 Å². The number of hydrogen-bond donors (Lipinski definition) is 0. The Morgan fingerprint density at radius 1 is 1.33 bits per heavy atom. The highest BCUT2D eigenvalue weighted by atomic mass is 79.9. The van der Waals surface area contributed by atoms with E-state index in [9.17, 15) is 14.8 Å². The van der Waals surface area contributed by atoms with Gasteiger partial charge in [-0.05, 0) is 40.9 Å². The highest BCUT2D eigenvalue weighted by molar-refractivity contribution is 9.10.